The molecule has 0 bridgehead atoms. The van der Waals surface area contributed by atoms with E-state index in [1.165, 1.54) is 5.39 Å². The van der Waals surface area contributed by atoms with Gasteiger partial charge in [-0.25, -0.2) is 0 Å². The zero-order valence-electron chi connectivity index (χ0n) is 23.3. The fourth-order valence-electron chi connectivity index (χ4n) is 4.47. The minimum absolute atomic E-state index is 0.109. The second-order valence-electron chi connectivity index (χ2n) is 10.1. The van der Waals surface area contributed by atoms with E-state index >= 15 is 0 Å². The van der Waals surface area contributed by atoms with Crippen molar-refractivity contribution in [1.29, 1.82) is 0 Å². The van der Waals surface area contributed by atoms with Gasteiger partial charge in [0.1, 0.15) is 12.7 Å². The van der Waals surface area contributed by atoms with Gasteiger partial charge in [-0.1, -0.05) is 64.8 Å². The molecule has 0 saturated carbocycles. The first-order chi connectivity index (χ1) is 20.1. The summed E-state index contributed by atoms with van der Waals surface area (Å²) in [4.78, 5) is 43.7. The van der Waals surface area contributed by atoms with Crippen LogP contribution in [0.4, 0.5) is 0 Å². The van der Waals surface area contributed by atoms with E-state index in [0.717, 1.165) is 39.9 Å². The third kappa shape index (κ3) is 11.0. The molecule has 0 radical (unpaired) electrons. The molecule has 0 aliphatic heterocycles. The molecule has 42 heavy (non-hydrogen) atoms. The fraction of sp³-hybridized carbons (Fsp3) is 0.467. The number of benzene rings is 3. The maximum absolute atomic E-state index is 12.5. The largest absolute Gasteiger partial charge is 0.462 e. The number of unbranched alkanes of at least 4 members (excludes halogenated alkanes) is 2. The Balaban J connectivity index is 1.53. The number of esters is 2. The molecule has 0 amide bonds. The van der Waals surface area contributed by atoms with E-state index in [-0.39, 0.29) is 12.8 Å². The maximum Gasteiger partial charge on any atom is 0.356 e. The average molecular weight is 670 g/mol. The molecule has 3 aromatic carbocycles. The highest BCUT2D eigenvalue weighted by Crippen LogP contribution is 2.43. The second kappa shape index (κ2) is 17.1. The SMILES string of the molecule is O=C(CCCc1ccc2cc3ccccc3cc2c1)OC[C@H](COC(C(O)CO)P(=O)(O)O)OC(=O)CCCCCBr. The average Bonchev–Trinajstić information content (AvgIpc) is 2.96. The van der Waals surface area contributed by atoms with Gasteiger partial charge in [-0.2, -0.15) is 0 Å². The first-order valence-corrected chi connectivity index (χ1v) is 16.7. The molecule has 0 fully saturated rings. The van der Waals surface area contributed by atoms with Gasteiger partial charge < -0.3 is 34.2 Å². The Hall–Kier alpha value is -2.37. The van der Waals surface area contributed by atoms with Crippen molar-refractivity contribution in [3.05, 3.63) is 60.2 Å². The Kier molecular flexibility index (Phi) is 13.9. The Morgan fingerprint density at radius 3 is 2.17 bits per heavy atom. The van der Waals surface area contributed by atoms with Gasteiger partial charge in [-0.3, -0.25) is 14.2 Å². The number of carbonyl (C=O) groups excluding carboxylic acids is 2. The number of aliphatic hydroxyl groups is 2. The molecule has 3 rings (SSSR count). The fourth-order valence-corrected chi connectivity index (χ4v) is 5.69. The molecule has 0 saturated heterocycles. The summed E-state index contributed by atoms with van der Waals surface area (Å²) in [6.07, 6.45) is 0.640. The molecule has 2 unspecified atom stereocenters. The topological polar surface area (TPSA) is 160 Å². The third-order valence-corrected chi connectivity index (χ3v) is 8.38. The van der Waals surface area contributed by atoms with Crippen molar-refractivity contribution < 1.29 is 48.4 Å². The summed E-state index contributed by atoms with van der Waals surface area (Å²) < 4.78 is 27.5. The van der Waals surface area contributed by atoms with Crippen molar-refractivity contribution in [2.45, 2.75) is 63.0 Å². The van der Waals surface area contributed by atoms with E-state index < -0.39 is 57.4 Å². The molecule has 12 heteroatoms. The Labute approximate surface area is 253 Å². The minimum Gasteiger partial charge on any atom is -0.462 e. The number of hydrogen-bond donors (Lipinski definition) is 4. The lowest BCUT2D eigenvalue weighted by Gasteiger charge is -2.25. The smallest absolute Gasteiger partial charge is 0.356 e. The van der Waals surface area contributed by atoms with E-state index in [9.17, 15) is 29.0 Å². The summed E-state index contributed by atoms with van der Waals surface area (Å²) in [5.41, 5.74) is 1.08. The van der Waals surface area contributed by atoms with Crippen LogP contribution in [0.25, 0.3) is 21.5 Å². The number of halogens is 1. The lowest BCUT2D eigenvalue weighted by molar-refractivity contribution is -0.164. The molecule has 10 nitrogen and oxygen atoms in total. The van der Waals surface area contributed by atoms with E-state index in [4.69, 9.17) is 19.3 Å². The maximum atomic E-state index is 12.5. The third-order valence-electron chi connectivity index (χ3n) is 6.66. The second-order valence-corrected chi connectivity index (χ2v) is 12.6. The van der Waals surface area contributed by atoms with Crippen molar-refractivity contribution >= 4 is 57.0 Å². The normalized spacial score (nSPS) is 14.0. The van der Waals surface area contributed by atoms with Crippen molar-refractivity contribution in [3.63, 3.8) is 0 Å². The van der Waals surface area contributed by atoms with Crippen molar-refractivity contribution in [2.24, 2.45) is 0 Å². The van der Waals surface area contributed by atoms with Crippen molar-refractivity contribution in [2.75, 3.05) is 25.2 Å². The van der Waals surface area contributed by atoms with Crippen LogP contribution in [0.2, 0.25) is 0 Å². The first-order valence-electron chi connectivity index (χ1n) is 13.9. The summed E-state index contributed by atoms with van der Waals surface area (Å²) in [7, 11) is -4.96. The van der Waals surface area contributed by atoms with Gasteiger partial charge >= 0.3 is 19.5 Å². The van der Waals surface area contributed by atoms with Gasteiger partial charge in [-0.15, -0.1) is 0 Å². The van der Waals surface area contributed by atoms with Crippen LogP contribution in [-0.2, 0) is 34.8 Å². The summed E-state index contributed by atoms with van der Waals surface area (Å²) in [6.45, 7) is -1.90. The molecular weight excluding hydrogens is 631 g/mol. The molecule has 0 spiro atoms. The van der Waals surface area contributed by atoms with E-state index in [1.54, 1.807) is 0 Å². The van der Waals surface area contributed by atoms with Crippen LogP contribution >= 0.6 is 23.5 Å². The van der Waals surface area contributed by atoms with Gasteiger partial charge in [0, 0.05) is 18.2 Å². The lowest BCUT2D eigenvalue weighted by Crippen LogP contribution is -2.37. The molecule has 3 aromatic rings. The molecule has 0 heterocycles. The molecule has 0 aliphatic carbocycles. The Bertz CT molecular complexity index is 1360. The highest BCUT2D eigenvalue weighted by Gasteiger charge is 2.37. The lowest BCUT2D eigenvalue weighted by atomic mass is 10.00. The van der Waals surface area contributed by atoms with Gasteiger partial charge in [-0.05, 0) is 64.9 Å². The van der Waals surface area contributed by atoms with Crippen molar-refractivity contribution in [1.82, 2.24) is 0 Å². The number of alkyl halides is 1. The minimum atomic E-state index is -4.96. The van der Waals surface area contributed by atoms with Crippen LogP contribution in [-0.4, -0.2) is 75.1 Å². The summed E-state index contributed by atoms with van der Waals surface area (Å²) >= 11 is 3.32. The predicted octanol–water partition coefficient (Wildman–Crippen LogP) is 4.60. The molecule has 4 N–H and O–H groups in total. The van der Waals surface area contributed by atoms with E-state index in [1.807, 2.05) is 18.2 Å². The standard InChI is InChI=1S/C30H38BrO10P/c31-14-5-1-2-10-29(35)41-26(20-40-30(27(33)18-32)42(36,37)38)19-39-28(34)11-6-7-21-12-13-24-16-22-8-3-4-9-23(22)17-25(24)15-21/h3-4,8-9,12-13,15-17,26-27,30,32-33H,1-2,5-7,10-11,14,18-20H2,(H2,36,37,38)/t26-,27?,30?/m1/s1. The quantitative estimate of drug-likeness (QED) is 0.0496. The van der Waals surface area contributed by atoms with E-state index in [0.29, 0.717) is 19.3 Å². The summed E-state index contributed by atoms with van der Waals surface area (Å²) in [5.74, 6) is -3.13. The highest BCUT2D eigenvalue weighted by molar-refractivity contribution is 9.09. The van der Waals surface area contributed by atoms with Crippen LogP contribution in [0.15, 0.2) is 54.6 Å². The van der Waals surface area contributed by atoms with E-state index in [2.05, 4.69) is 52.3 Å². The van der Waals surface area contributed by atoms with Crippen LogP contribution in [0.5, 0.6) is 0 Å². The number of carbonyl (C=O) groups is 2. The Morgan fingerprint density at radius 2 is 1.50 bits per heavy atom. The molecule has 0 aliphatic rings. The number of aliphatic hydroxyl groups excluding tert-OH is 2. The monoisotopic (exact) mass is 668 g/mol. The number of aryl methyl sites for hydroxylation is 1. The first kappa shape index (κ1) is 34.1. The zero-order valence-corrected chi connectivity index (χ0v) is 25.8. The number of hydrogen-bond acceptors (Lipinski definition) is 8. The number of ether oxygens (including phenoxy) is 3. The predicted molar refractivity (Wildman–Crippen MR) is 162 cm³/mol. The summed E-state index contributed by atoms with van der Waals surface area (Å²) in [6, 6.07) is 18.6. The van der Waals surface area contributed by atoms with Gasteiger partial charge in [0.2, 0.25) is 0 Å². The van der Waals surface area contributed by atoms with Crippen LogP contribution < -0.4 is 0 Å². The molecule has 0 aromatic heterocycles. The highest BCUT2D eigenvalue weighted by atomic mass is 79.9. The zero-order chi connectivity index (χ0) is 30.5. The van der Waals surface area contributed by atoms with Gasteiger partial charge in [0.05, 0.1) is 13.2 Å². The van der Waals surface area contributed by atoms with Crippen LogP contribution in [0, 0.1) is 0 Å². The van der Waals surface area contributed by atoms with Crippen LogP contribution in [0.1, 0.15) is 44.1 Å². The summed E-state index contributed by atoms with van der Waals surface area (Å²) in [5, 5.41) is 24.3. The molecular formula is C30H38BrO10P. The molecule has 230 valence electrons. The van der Waals surface area contributed by atoms with Crippen LogP contribution in [0.3, 0.4) is 0 Å². The number of rotatable bonds is 18. The number of fused-ring (bicyclic) bond motifs is 2. The molecule has 3 atom stereocenters. The Morgan fingerprint density at radius 1 is 0.833 bits per heavy atom. The van der Waals surface area contributed by atoms with Gasteiger partial charge in [0.15, 0.2) is 11.9 Å². The van der Waals surface area contributed by atoms with Crippen molar-refractivity contribution in [3.8, 4) is 0 Å². The van der Waals surface area contributed by atoms with Gasteiger partial charge in [0.25, 0.3) is 0 Å².